The Morgan fingerprint density at radius 1 is 1.08 bits per heavy atom. The molecule has 0 bridgehead atoms. The first kappa shape index (κ1) is 19.4. The maximum absolute atomic E-state index is 11.6. The van der Waals surface area contributed by atoms with Crippen LogP contribution in [-0.4, -0.2) is 31.6 Å². The molecule has 0 aliphatic carbocycles. The minimum Gasteiger partial charge on any atom is -0.492 e. The van der Waals surface area contributed by atoms with Crippen molar-refractivity contribution in [3.8, 4) is 5.75 Å². The normalized spacial score (nSPS) is 10.4. The van der Waals surface area contributed by atoms with Crippen LogP contribution in [0.1, 0.15) is 18.4 Å². The van der Waals surface area contributed by atoms with E-state index in [1.54, 1.807) is 32.3 Å². The van der Waals surface area contributed by atoms with Gasteiger partial charge in [-0.3, -0.25) is 0 Å². The number of carbonyl (C=O) groups excluding carboxylic acids is 1. The van der Waals surface area contributed by atoms with Crippen molar-refractivity contribution < 1.29 is 9.53 Å². The summed E-state index contributed by atoms with van der Waals surface area (Å²) in [4.78, 5) is 13.1. The molecule has 0 saturated carbocycles. The number of nitrogens with zero attached hydrogens (tertiary/aromatic N) is 1. The maximum Gasteiger partial charge on any atom is 0.321 e. The molecule has 2 aromatic rings. The summed E-state index contributed by atoms with van der Waals surface area (Å²) in [5.41, 5.74) is 1.90. The maximum atomic E-state index is 11.6. The van der Waals surface area contributed by atoms with Gasteiger partial charge in [-0.2, -0.15) is 0 Å². The van der Waals surface area contributed by atoms with Crippen LogP contribution in [0, 0.1) is 0 Å². The summed E-state index contributed by atoms with van der Waals surface area (Å²) >= 11 is 12.1. The van der Waals surface area contributed by atoms with Crippen molar-refractivity contribution in [2.75, 3.05) is 26.0 Å². The Balaban J connectivity index is 1.75. The highest BCUT2D eigenvalue weighted by Gasteiger charge is 2.07. The van der Waals surface area contributed by atoms with E-state index in [1.807, 2.05) is 24.3 Å². The van der Waals surface area contributed by atoms with Gasteiger partial charge < -0.3 is 15.0 Å². The molecule has 0 aromatic heterocycles. The van der Waals surface area contributed by atoms with Crippen LogP contribution in [-0.2, 0) is 6.42 Å². The van der Waals surface area contributed by atoms with Gasteiger partial charge in [0.25, 0.3) is 0 Å². The third kappa shape index (κ3) is 6.48. The van der Waals surface area contributed by atoms with Crippen LogP contribution in [0.25, 0.3) is 0 Å². The Morgan fingerprint density at radius 2 is 1.80 bits per heavy atom. The lowest BCUT2D eigenvalue weighted by molar-refractivity contribution is 0.230. The number of aryl methyl sites for hydroxylation is 1. The summed E-state index contributed by atoms with van der Waals surface area (Å²) in [6.45, 7) is 0.594. The molecule has 6 heteroatoms. The number of benzene rings is 2. The first-order valence-electron chi connectivity index (χ1n) is 8.11. The standard InChI is InChI=1S/C19H22Cl2N2O2/c1-23(2)19(24)22-16-10-11-18(17(21)13-16)25-12-4-3-5-14-6-8-15(20)9-7-14/h6-11,13H,3-5,12H2,1-2H3,(H,22,24). The highest BCUT2D eigenvalue weighted by atomic mass is 35.5. The van der Waals surface area contributed by atoms with Crippen LogP contribution in [0.5, 0.6) is 5.75 Å². The molecular weight excluding hydrogens is 359 g/mol. The van der Waals surface area contributed by atoms with E-state index in [9.17, 15) is 4.79 Å². The third-order valence-corrected chi connectivity index (χ3v) is 4.17. The minimum absolute atomic E-state index is 0.202. The molecule has 2 rings (SSSR count). The molecule has 134 valence electrons. The Hall–Kier alpha value is -1.91. The molecule has 0 radical (unpaired) electrons. The molecule has 0 fully saturated rings. The fraction of sp³-hybridized carbons (Fsp3) is 0.316. The largest absolute Gasteiger partial charge is 0.492 e. The van der Waals surface area contributed by atoms with E-state index >= 15 is 0 Å². The molecule has 0 unspecified atom stereocenters. The Morgan fingerprint density at radius 3 is 2.44 bits per heavy atom. The number of nitrogens with one attached hydrogen (secondary N) is 1. The first-order valence-corrected chi connectivity index (χ1v) is 8.86. The average molecular weight is 381 g/mol. The van der Waals surface area contributed by atoms with Crippen LogP contribution in [0.2, 0.25) is 10.0 Å². The smallest absolute Gasteiger partial charge is 0.321 e. The van der Waals surface area contributed by atoms with E-state index in [-0.39, 0.29) is 6.03 Å². The van der Waals surface area contributed by atoms with Crippen molar-refractivity contribution in [1.29, 1.82) is 0 Å². The second kappa shape index (κ2) is 9.54. The van der Waals surface area contributed by atoms with Crippen LogP contribution in [0.15, 0.2) is 42.5 Å². The van der Waals surface area contributed by atoms with Crippen molar-refractivity contribution in [2.24, 2.45) is 0 Å². The van der Waals surface area contributed by atoms with Crippen LogP contribution in [0.4, 0.5) is 10.5 Å². The number of unbranched alkanes of at least 4 members (excludes halogenated alkanes) is 1. The van der Waals surface area contributed by atoms with Crippen molar-refractivity contribution in [2.45, 2.75) is 19.3 Å². The van der Waals surface area contributed by atoms with E-state index < -0.39 is 0 Å². The lowest BCUT2D eigenvalue weighted by atomic mass is 10.1. The van der Waals surface area contributed by atoms with E-state index in [2.05, 4.69) is 5.32 Å². The minimum atomic E-state index is -0.202. The summed E-state index contributed by atoms with van der Waals surface area (Å²) in [5.74, 6) is 0.621. The Kier molecular flexibility index (Phi) is 7.41. The van der Waals surface area contributed by atoms with E-state index in [4.69, 9.17) is 27.9 Å². The first-order chi connectivity index (χ1) is 12.0. The van der Waals surface area contributed by atoms with Crippen molar-refractivity contribution in [3.05, 3.63) is 58.1 Å². The number of amides is 2. The lowest BCUT2D eigenvalue weighted by Gasteiger charge is -2.13. The predicted octanol–water partition coefficient (Wildman–Crippen LogP) is 5.49. The van der Waals surface area contributed by atoms with Gasteiger partial charge in [-0.25, -0.2) is 4.79 Å². The molecule has 0 aliphatic rings. The highest BCUT2D eigenvalue weighted by Crippen LogP contribution is 2.28. The van der Waals surface area contributed by atoms with Crippen molar-refractivity contribution >= 4 is 34.9 Å². The SMILES string of the molecule is CN(C)C(=O)Nc1ccc(OCCCCc2ccc(Cl)cc2)c(Cl)c1. The monoisotopic (exact) mass is 380 g/mol. The van der Waals surface area contributed by atoms with Gasteiger partial charge in [-0.1, -0.05) is 35.3 Å². The fourth-order valence-corrected chi connectivity index (χ4v) is 2.56. The summed E-state index contributed by atoms with van der Waals surface area (Å²) in [7, 11) is 3.36. The molecule has 0 spiro atoms. The number of halogens is 2. The van der Waals surface area contributed by atoms with Crippen molar-refractivity contribution in [3.63, 3.8) is 0 Å². The molecule has 2 aromatic carbocycles. The van der Waals surface area contributed by atoms with Crippen LogP contribution >= 0.6 is 23.2 Å². The second-order valence-electron chi connectivity index (χ2n) is 5.90. The zero-order chi connectivity index (χ0) is 18.2. The van der Waals surface area contributed by atoms with Gasteiger partial charge in [0.15, 0.2) is 0 Å². The number of rotatable bonds is 7. The van der Waals surface area contributed by atoms with Gasteiger partial charge in [-0.15, -0.1) is 0 Å². The summed E-state index contributed by atoms with van der Waals surface area (Å²) in [5, 5.41) is 3.98. The summed E-state index contributed by atoms with van der Waals surface area (Å²) < 4.78 is 5.73. The van der Waals surface area contributed by atoms with Gasteiger partial charge in [-0.05, 0) is 55.2 Å². The molecule has 0 heterocycles. The molecule has 0 atom stereocenters. The predicted molar refractivity (Wildman–Crippen MR) is 104 cm³/mol. The Bertz CT molecular complexity index is 703. The number of urea groups is 1. The van der Waals surface area contributed by atoms with Gasteiger partial charge in [0, 0.05) is 24.8 Å². The van der Waals surface area contributed by atoms with Gasteiger partial charge in [0.1, 0.15) is 5.75 Å². The zero-order valence-corrected chi connectivity index (χ0v) is 15.9. The number of hydrogen-bond acceptors (Lipinski definition) is 2. The van der Waals surface area contributed by atoms with E-state index in [1.165, 1.54) is 10.5 Å². The molecule has 0 saturated heterocycles. The number of anilines is 1. The van der Waals surface area contributed by atoms with Crippen molar-refractivity contribution in [1.82, 2.24) is 4.90 Å². The summed E-state index contributed by atoms with van der Waals surface area (Å²) in [6, 6.07) is 12.9. The molecule has 25 heavy (non-hydrogen) atoms. The number of carbonyl (C=O) groups is 1. The van der Waals surface area contributed by atoms with Gasteiger partial charge >= 0.3 is 6.03 Å². The van der Waals surface area contributed by atoms with E-state index in [0.29, 0.717) is 23.1 Å². The topological polar surface area (TPSA) is 41.6 Å². The van der Waals surface area contributed by atoms with Crippen LogP contribution in [0.3, 0.4) is 0 Å². The lowest BCUT2D eigenvalue weighted by Crippen LogP contribution is -2.27. The van der Waals surface area contributed by atoms with E-state index in [0.717, 1.165) is 24.3 Å². The van der Waals surface area contributed by atoms with Gasteiger partial charge in [0.05, 0.1) is 11.6 Å². The molecular formula is C19H22Cl2N2O2. The van der Waals surface area contributed by atoms with Crippen LogP contribution < -0.4 is 10.1 Å². The fourth-order valence-electron chi connectivity index (χ4n) is 2.20. The summed E-state index contributed by atoms with van der Waals surface area (Å²) in [6.07, 6.45) is 2.94. The Labute approximate surface area is 158 Å². The molecule has 1 N–H and O–H groups in total. The molecule has 0 aliphatic heterocycles. The quantitative estimate of drug-likeness (QED) is 0.645. The second-order valence-corrected chi connectivity index (χ2v) is 6.75. The molecule has 2 amide bonds. The third-order valence-electron chi connectivity index (χ3n) is 3.62. The molecule has 4 nitrogen and oxygen atoms in total. The average Bonchev–Trinajstić information content (AvgIpc) is 2.58. The number of hydrogen-bond donors (Lipinski definition) is 1. The van der Waals surface area contributed by atoms with Gasteiger partial charge in [0.2, 0.25) is 0 Å². The highest BCUT2D eigenvalue weighted by molar-refractivity contribution is 6.32. The number of ether oxygens (including phenoxy) is 1. The zero-order valence-electron chi connectivity index (χ0n) is 14.4.